The van der Waals surface area contributed by atoms with Crippen molar-refractivity contribution >= 4 is 33.9 Å². The molecule has 0 unspecified atom stereocenters. The third kappa shape index (κ3) is 5.21. The Kier molecular flexibility index (Phi) is 7.18. The molecule has 212 valence electrons. The average Bonchev–Trinajstić information content (AvgIpc) is 2.92. The van der Waals surface area contributed by atoms with Crippen LogP contribution >= 0.6 is 10.6 Å². The predicted octanol–water partition coefficient (Wildman–Crippen LogP) is 5.49. The number of fused-ring (bicyclic) bond motifs is 1. The number of nitrogens with zero attached hydrogens (tertiary/aromatic N) is 2. The fourth-order valence-corrected chi connectivity index (χ4v) is 7.67. The number of carboxylic acids is 1. The molecule has 0 bridgehead atoms. The van der Waals surface area contributed by atoms with Crippen molar-refractivity contribution < 1.29 is 28.6 Å². The minimum absolute atomic E-state index is 0.129. The molecule has 3 N–H and O–H groups in total. The first kappa shape index (κ1) is 28.1. The van der Waals surface area contributed by atoms with E-state index >= 15 is 0 Å². The Morgan fingerprint density at radius 1 is 0.825 bits per heavy atom. The SMILES string of the molecule is CC1(C)C(c2ccc(C(=O)O)cc2)=CC[C@]2(C)CN(C(=O)c3cccc(C(=O)N4CCS(O)(O)CC4)c3)CC=C12. The number of hydrogen-bond donors (Lipinski definition) is 3. The molecule has 2 aromatic rings. The van der Waals surface area contributed by atoms with Gasteiger partial charge in [0.2, 0.25) is 0 Å². The number of rotatable bonds is 4. The molecule has 9 heteroatoms. The lowest BCUT2D eigenvalue weighted by Gasteiger charge is -2.50. The van der Waals surface area contributed by atoms with Gasteiger partial charge in [-0.1, -0.05) is 56.7 Å². The summed E-state index contributed by atoms with van der Waals surface area (Å²) in [6, 6.07) is 13.8. The molecule has 1 atom stereocenters. The van der Waals surface area contributed by atoms with E-state index in [1.54, 1.807) is 41.3 Å². The van der Waals surface area contributed by atoms with Crippen molar-refractivity contribution in [3.8, 4) is 0 Å². The first-order valence-electron chi connectivity index (χ1n) is 13.5. The minimum Gasteiger partial charge on any atom is -0.478 e. The van der Waals surface area contributed by atoms with Crippen LogP contribution in [0.4, 0.5) is 0 Å². The Morgan fingerprint density at radius 3 is 2.02 bits per heavy atom. The van der Waals surface area contributed by atoms with Gasteiger partial charge in [0, 0.05) is 48.1 Å². The van der Waals surface area contributed by atoms with Gasteiger partial charge in [0.1, 0.15) is 0 Å². The molecular weight excluding hydrogens is 528 g/mol. The van der Waals surface area contributed by atoms with E-state index < -0.39 is 16.6 Å². The van der Waals surface area contributed by atoms with Gasteiger partial charge < -0.3 is 14.9 Å². The van der Waals surface area contributed by atoms with Crippen molar-refractivity contribution in [1.82, 2.24) is 9.80 Å². The van der Waals surface area contributed by atoms with Crippen molar-refractivity contribution in [2.45, 2.75) is 27.2 Å². The zero-order valence-corrected chi connectivity index (χ0v) is 23.9. The molecule has 2 heterocycles. The number of amides is 2. The molecule has 1 aliphatic carbocycles. The van der Waals surface area contributed by atoms with Gasteiger partial charge in [-0.2, -0.15) is 10.6 Å². The molecule has 8 nitrogen and oxygen atoms in total. The summed E-state index contributed by atoms with van der Waals surface area (Å²) in [5.74, 6) is -0.925. The van der Waals surface area contributed by atoms with E-state index in [1.165, 1.54) is 5.57 Å². The second kappa shape index (κ2) is 10.2. The van der Waals surface area contributed by atoms with Crippen molar-refractivity contribution in [1.29, 1.82) is 0 Å². The number of aromatic carboxylic acids is 1. The van der Waals surface area contributed by atoms with Gasteiger partial charge in [-0.05, 0) is 47.9 Å². The molecule has 3 aliphatic rings. The van der Waals surface area contributed by atoms with Gasteiger partial charge in [0.15, 0.2) is 0 Å². The number of carbonyl (C=O) groups is 3. The average molecular weight is 565 g/mol. The molecule has 40 heavy (non-hydrogen) atoms. The molecule has 5 rings (SSSR count). The summed E-state index contributed by atoms with van der Waals surface area (Å²) in [6.45, 7) is 8.12. The smallest absolute Gasteiger partial charge is 0.335 e. The van der Waals surface area contributed by atoms with Crippen LogP contribution in [0, 0.1) is 10.8 Å². The lowest BCUT2D eigenvalue weighted by atomic mass is 9.58. The highest BCUT2D eigenvalue weighted by molar-refractivity contribution is 8.24. The van der Waals surface area contributed by atoms with Gasteiger partial charge in [0.05, 0.1) is 17.1 Å². The maximum absolute atomic E-state index is 13.6. The van der Waals surface area contributed by atoms with Crippen LogP contribution in [0.3, 0.4) is 0 Å². The largest absolute Gasteiger partial charge is 0.478 e. The van der Waals surface area contributed by atoms with E-state index in [-0.39, 0.29) is 52.8 Å². The summed E-state index contributed by atoms with van der Waals surface area (Å²) >= 11 is 0. The predicted molar refractivity (Wildman–Crippen MR) is 157 cm³/mol. The number of hydrogen-bond acceptors (Lipinski definition) is 5. The molecule has 2 amide bonds. The summed E-state index contributed by atoms with van der Waals surface area (Å²) < 4.78 is 19.7. The van der Waals surface area contributed by atoms with E-state index in [9.17, 15) is 28.6 Å². The first-order valence-corrected chi connectivity index (χ1v) is 15.4. The molecule has 0 spiro atoms. The van der Waals surface area contributed by atoms with Crippen molar-refractivity contribution in [3.05, 3.63) is 88.5 Å². The maximum Gasteiger partial charge on any atom is 0.335 e. The van der Waals surface area contributed by atoms with Crippen LogP contribution in [0.2, 0.25) is 0 Å². The van der Waals surface area contributed by atoms with Crippen LogP contribution in [0.25, 0.3) is 5.57 Å². The van der Waals surface area contributed by atoms with Crippen LogP contribution in [-0.2, 0) is 0 Å². The molecule has 0 radical (unpaired) electrons. The number of carbonyl (C=O) groups excluding carboxylic acids is 2. The highest BCUT2D eigenvalue weighted by Gasteiger charge is 2.46. The van der Waals surface area contributed by atoms with Crippen molar-refractivity contribution in [2.75, 3.05) is 37.7 Å². The van der Waals surface area contributed by atoms with Crippen LogP contribution in [-0.4, -0.2) is 79.5 Å². The summed E-state index contributed by atoms with van der Waals surface area (Å²) in [4.78, 5) is 41.4. The number of allylic oxidation sites excluding steroid dienone is 2. The highest BCUT2D eigenvalue weighted by Crippen LogP contribution is 2.55. The Balaban J connectivity index is 1.33. The monoisotopic (exact) mass is 564 g/mol. The Labute approximate surface area is 236 Å². The Morgan fingerprint density at radius 2 is 1.43 bits per heavy atom. The normalized spacial score (nSPS) is 24.3. The summed E-state index contributed by atoms with van der Waals surface area (Å²) in [7, 11) is -2.60. The molecule has 2 aliphatic heterocycles. The fourth-order valence-electron chi connectivity index (χ4n) is 6.44. The lowest BCUT2D eigenvalue weighted by molar-refractivity contribution is 0.0678. The standard InChI is InChI=1S/C31H36N2O6S/c1-30(2)25(21-7-9-22(10-8-21)29(36)37)11-13-31(3)20-33(14-12-26(30)31)28(35)24-6-4-5-23(19-24)27(34)32-15-17-40(38,39)18-16-32/h4-12,19,38-39H,13-18,20H2,1-3H3,(H,36,37)/t31-/m1/s1. The zero-order valence-electron chi connectivity index (χ0n) is 23.1. The third-order valence-electron chi connectivity index (χ3n) is 8.56. The maximum atomic E-state index is 13.6. The lowest BCUT2D eigenvalue weighted by Crippen LogP contribution is -2.48. The number of benzene rings is 2. The Hall–Kier alpha value is -3.40. The van der Waals surface area contributed by atoms with Gasteiger partial charge in [0.25, 0.3) is 11.8 Å². The molecule has 0 saturated carbocycles. The second-order valence-electron chi connectivity index (χ2n) is 11.8. The quantitative estimate of drug-likeness (QED) is 0.423. The Bertz CT molecular complexity index is 1420. The summed E-state index contributed by atoms with van der Waals surface area (Å²) in [5.41, 5.74) is 4.00. The highest BCUT2D eigenvalue weighted by atomic mass is 32.3. The van der Waals surface area contributed by atoms with E-state index in [1.807, 2.05) is 17.0 Å². The third-order valence-corrected chi connectivity index (χ3v) is 10.2. The first-order chi connectivity index (χ1) is 18.8. The molecule has 2 aromatic carbocycles. The van der Waals surface area contributed by atoms with E-state index in [0.29, 0.717) is 24.2 Å². The van der Waals surface area contributed by atoms with E-state index in [0.717, 1.165) is 17.6 Å². The van der Waals surface area contributed by atoms with Crippen LogP contribution in [0.1, 0.15) is 63.8 Å². The van der Waals surface area contributed by atoms with Crippen molar-refractivity contribution in [2.24, 2.45) is 10.8 Å². The molecule has 1 saturated heterocycles. The van der Waals surface area contributed by atoms with Crippen LogP contribution in [0.5, 0.6) is 0 Å². The van der Waals surface area contributed by atoms with Gasteiger partial charge >= 0.3 is 5.97 Å². The van der Waals surface area contributed by atoms with Gasteiger partial charge in [-0.25, -0.2) is 4.79 Å². The molecule has 1 fully saturated rings. The summed E-state index contributed by atoms with van der Waals surface area (Å²) in [6.07, 6.45) is 5.12. The molecular formula is C31H36N2O6S. The number of carboxylic acid groups (broad SMARTS) is 1. The van der Waals surface area contributed by atoms with Crippen LogP contribution in [0.15, 0.2) is 66.3 Å². The van der Waals surface area contributed by atoms with Gasteiger partial charge in [-0.15, -0.1) is 0 Å². The van der Waals surface area contributed by atoms with Crippen LogP contribution < -0.4 is 0 Å². The van der Waals surface area contributed by atoms with Gasteiger partial charge in [-0.3, -0.25) is 18.7 Å². The fraction of sp³-hybridized carbons (Fsp3) is 0.387. The topological polar surface area (TPSA) is 118 Å². The van der Waals surface area contributed by atoms with E-state index in [4.69, 9.17) is 0 Å². The van der Waals surface area contributed by atoms with E-state index in [2.05, 4.69) is 32.9 Å². The second-order valence-corrected chi connectivity index (χ2v) is 14.2. The summed E-state index contributed by atoms with van der Waals surface area (Å²) in [5, 5.41) is 9.26. The van der Waals surface area contributed by atoms with Crippen molar-refractivity contribution in [3.63, 3.8) is 0 Å². The minimum atomic E-state index is -2.60. The zero-order chi connectivity index (χ0) is 28.9. The molecule has 0 aromatic heterocycles.